The molecule has 2 aromatic rings. The second-order valence-electron chi connectivity index (χ2n) is 7.47. The van der Waals surface area contributed by atoms with Gasteiger partial charge < -0.3 is 15.0 Å². The van der Waals surface area contributed by atoms with Crippen LogP contribution in [0.15, 0.2) is 29.1 Å². The number of thioether (sulfide) groups is 1. The Balaban J connectivity index is 0.00000132. The second kappa shape index (κ2) is 9.91. The summed E-state index contributed by atoms with van der Waals surface area (Å²) < 4.78 is 9.03. The molecule has 0 saturated heterocycles. The molecule has 1 aromatic carbocycles. The monoisotopic (exact) mass is 462 g/mol. The normalized spacial score (nSPS) is 16.8. The van der Waals surface area contributed by atoms with Gasteiger partial charge in [-0.25, -0.2) is 4.79 Å². The van der Waals surface area contributed by atoms with Gasteiger partial charge in [0.15, 0.2) is 5.78 Å². The van der Waals surface area contributed by atoms with E-state index in [1.54, 1.807) is 47.6 Å². The van der Waals surface area contributed by atoms with E-state index < -0.39 is 0 Å². The Kier molecular flexibility index (Phi) is 7.48. The number of hydrogen-bond donors (Lipinski definition) is 1. The van der Waals surface area contributed by atoms with E-state index in [1.165, 1.54) is 11.8 Å². The highest BCUT2D eigenvalue weighted by Crippen LogP contribution is 2.38. The summed E-state index contributed by atoms with van der Waals surface area (Å²) in [7, 11) is 5.28. The van der Waals surface area contributed by atoms with Crippen LogP contribution < -0.4 is 20.6 Å². The quantitative estimate of drug-likeness (QED) is 0.490. The topological polar surface area (TPSA) is 68.5 Å². The number of nitrogens with one attached hydrogen (secondary N) is 1. The summed E-state index contributed by atoms with van der Waals surface area (Å²) in [6.07, 6.45) is 2.31. The first-order chi connectivity index (χ1) is 14.9. The summed E-state index contributed by atoms with van der Waals surface area (Å²) >= 11 is 7.11. The lowest BCUT2D eigenvalue weighted by Crippen LogP contribution is -2.34. The van der Waals surface area contributed by atoms with Crippen LogP contribution in [0, 0.1) is 10.6 Å². The molecule has 0 amide bonds. The van der Waals surface area contributed by atoms with Crippen molar-refractivity contribution in [2.75, 3.05) is 30.1 Å². The van der Waals surface area contributed by atoms with Crippen LogP contribution in [0.2, 0.25) is 0 Å². The Morgan fingerprint density at radius 1 is 1.23 bits per heavy atom. The maximum absolute atomic E-state index is 12.8. The standard InChI is InChI=1S/C20H24N4O3S2.C2H6/c1-22-17-16(18(28)24(10-12-4-5-12)20(26)23(17)2)21-19(22)29-11-15(25)13-6-8-14(27-3)9-7-13;1-2/h6-9,12,19,21H,4-5,10-11H2,1-3H3;1-2H3. The molecule has 1 atom stereocenters. The summed E-state index contributed by atoms with van der Waals surface area (Å²) in [5.41, 5.74) is 1.18. The van der Waals surface area contributed by atoms with Crippen molar-refractivity contribution in [3.63, 3.8) is 0 Å². The molecule has 1 fully saturated rings. The lowest BCUT2D eigenvalue weighted by molar-refractivity contribution is 0.102. The molecule has 2 aliphatic rings. The van der Waals surface area contributed by atoms with Crippen LogP contribution in [0.4, 0.5) is 11.5 Å². The van der Waals surface area contributed by atoms with Gasteiger partial charge in [0.2, 0.25) is 0 Å². The van der Waals surface area contributed by atoms with E-state index in [-0.39, 0.29) is 17.0 Å². The summed E-state index contributed by atoms with van der Waals surface area (Å²) in [6, 6.07) is 7.11. The molecule has 0 spiro atoms. The summed E-state index contributed by atoms with van der Waals surface area (Å²) in [5, 5.41) is 3.41. The molecular formula is C22H30N4O3S2. The average Bonchev–Trinajstić information content (AvgIpc) is 3.56. The van der Waals surface area contributed by atoms with Crippen LogP contribution in [0.3, 0.4) is 0 Å². The molecule has 0 radical (unpaired) electrons. The molecule has 9 heteroatoms. The minimum absolute atomic E-state index is 0.0418. The Bertz CT molecular complexity index is 1060. The van der Waals surface area contributed by atoms with Gasteiger partial charge >= 0.3 is 5.69 Å². The molecule has 7 nitrogen and oxygen atoms in total. The number of aromatic nitrogens is 2. The van der Waals surface area contributed by atoms with Crippen molar-refractivity contribution in [1.29, 1.82) is 0 Å². The summed E-state index contributed by atoms with van der Waals surface area (Å²) in [4.78, 5) is 27.3. The number of carbonyl (C=O) groups excluding carboxylic acids is 1. The number of rotatable bonds is 7. The van der Waals surface area contributed by atoms with Crippen molar-refractivity contribution in [1.82, 2.24) is 9.13 Å². The molecule has 4 rings (SSSR count). The van der Waals surface area contributed by atoms with Gasteiger partial charge in [-0.15, -0.1) is 11.8 Å². The zero-order valence-electron chi connectivity index (χ0n) is 18.7. The lowest BCUT2D eigenvalue weighted by Gasteiger charge is -2.22. The highest BCUT2D eigenvalue weighted by atomic mass is 32.2. The van der Waals surface area contributed by atoms with Crippen molar-refractivity contribution in [3.8, 4) is 5.75 Å². The molecule has 1 saturated carbocycles. The number of fused-ring (bicyclic) bond motifs is 1. The van der Waals surface area contributed by atoms with Gasteiger partial charge in [0.1, 0.15) is 27.4 Å². The van der Waals surface area contributed by atoms with Crippen molar-refractivity contribution in [2.24, 2.45) is 13.0 Å². The number of hydrogen-bond acceptors (Lipinski definition) is 7. The molecular weight excluding hydrogens is 432 g/mol. The van der Waals surface area contributed by atoms with Crippen LogP contribution in [-0.2, 0) is 13.6 Å². The van der Waals surface area contributed by atoms with E-state index in [0.717, 1.165) is 30.1 Å². The predicted octanol–water partition coefficient (Wildman–Crippen LogP) is 4.12. The Morgan fingerprint density at radius 2 is 1.87 bits per heavy atom. The van der Waals surface area contributed by atoms with Crippen molar-refractivity contribution in [3.05, 3.63) is 45.0 Å². The van der Waals surface area contributed by atoms with Gasteiger partial charge in [-0.3, -0.25) is 13.9 Å². The number of ether oxygens (including phenoxy) is 1. The van der Waals surface area contributed by atoms with E-state index in [9.17, 15) is 9.59 Å². The minimum Gasteiger partial charge on any atom is -0.497 e. The highest BCUT2D eigenvalue weighted by molar-refractivity contribution is 8.00. The van der Waals surface area contributed by atoms with Crippen LogP contribution in [0.25, 0.3) is 0 Å². The molecule has 0 bridgehead atoms. The molecule has 168 valence electrons. The maximum Gasteiger partial charge on any atom is 0.330 e. The fourth-order valence-electron chi connectivity index (χ4n) is 3.52. The van der Waals surface area contributed by atoms with Crippen molar-refractivity contribution >= 4 is 41.3 Å². The molecule has 2 heterocycles. The minimum atomic E-state index is -0.170. The molecule has 1 unspecified atom stereocenters. The van der Waals surface area contributed by atoms with E-state index in [2.05, 4.69) is 5.32 Å². The number of methoxy groups -OCH3 is 1. The molecule has 31 heavy (non-hydrogen) atoms. The molecule has 1 aromatic heterocycles. The molecule has 1 aliphatic carbocycles. The predicted molar refractivity (Wildman–Crippen MR) is 130 cm³/mol. The van der Waals surface area contributed by atoms with Crippen LogP contribution >= 0.6 is 24.0 Å². The fourth-order valence-corrected chi connectivity index (χ4v) is 4.82. The Labute approximate surface area is 192 Å². The third-order valence-corrected chi connectivity index (χ3v) is 7.00. The Morgan fingerprint density at radius 3 is 2.45 bits per heavy atom. The lowest BCUT2D eigenvalue weighted by atomic mass is 10.1. The first-order valence-electron chi connectivity index (χ1n) is 10.5. The van der Waals surface area contributed by atoms with E-state index >= 15 is 0 Å². The number of Topliss-reactive ketones (excluding diaryl/α,β-unsaturated/α-hetero) is 1. The fraction of sp³-hybridized carbons (Fsp3) is 0.500. The number of carbonyl (C=O) groups is 1. The number of anilines is 2. The summed E-state index contributed by atoms with van der Waals surface area (Å²) in [5.74, 6) is 2.39. The first-order valence-corrected chi connectivity index (χ1v) is 12.0. The zero-order chi connectivity index (χ0) is 22.7. The van der Waals surface area contributed by atoms with Gasteiger partial charge in [-0.2, -0.15) is 0 Å². The van der Waals surface area contributed by atoms with Gasteiger partial charge in [0.05, 0.1) is 12.9 Å². The third-order valence-electron chi connectivity index (χ3n) is 5.39. The number of ketones is 1. The average molecular weight is 463 g/mol. The highest BCUT2D eigenvalue weighted by Gasteiger charge is 2.33. The van der Waals surface area contributed by atoms with Crippen LogP contribution in [0.5, 0.6) is 5.75 Å². The summed E-state index contributed by atoms with van der Waals surface area (Å²) in [6.45, 7) is 4.68. The maximum atomic E-state index is 12.8. The van der Waals surface area contributed by atoms with E-state index in [4.69, 9.17) is 17.0 Å². The Hall–Kier alpha value is -2.26. The zero-order valence-corrected chi connectivity index (χ0v) is 20.3. The van der Waals surface area contributed by atoms with Gasteiger partial charge in [0, 0.05) is 26.2 Å². The SMILES string of the molecule is CC.COc1ccc(C(=O)CSC2Nc3c(n(C)c(=O)n(CC4CC4)c3=S)N2C)cc1. The van der Waals surface area contributed by atoms with Crippen LogP contribution in [-0.4, -0.2) is 40.3 Å². The first kappa shape index (κ1) is 23.4. The largest absolute Gasteiger partial charge is 0.497 e. The third kappa shape index (κ3) is 4.82. The van der Waals surface area contributed by atoms with Gasteiger partial charge in [-0.1, -0.05) is 26.1 Å². The van der Waals surface area contributed by atoms with Crippen molar-refractivity contribution < 1.29 is 9.53 Å². The molecule has 1 aliphatic heterocycles. The van der Waals surface area contributed by atoms with E-state index in [1.807, 2.05) is 25.8 Å². The van der Waals surface area contributed by atoms with Gasteiger partial charge in [-0.05, 0) is 43.0 Å². The van der Waals surface area contributed by atoms with E-state index in [0.29, 0.717) is 28.4 Å². The van der Waals surface area contributed by atoms with Crippen LogP contribution in [0.1, 0.15) is 37.0 Å². The number of benzene rings is 1. The number of nitrogens with zero attached hydrogens (tertiary/aromatic N) is 3. The van der Waals surface area contributed by atoms with Crippen molar-refractivity contribution in [2.45, 2.75) is 38.7 Å². The molecule has 1 N–H and O–H groups in total. The second-order valence-corrected chi connectivity index (χ2v) is 8.92. The smallest absolute Gasteiger partial charge is 0.330 e. The van der Waals surface area contributed by atoms with Gasteiger partial charge in [0.25, 0.3) is 0 Å².